The second-order valence-electron chi connectivity index (χ2n) is 18.3. The van der Waals surface area contributed by atoms with E-state index in [4.69, 9.17) is 14.2 Å². The van der Waals surface area contributed by atoms with Crippen LogP contribution in [0.5, 0.6) is 0 Å². The van der Waals surface area contributed by atoms with E-state index in [1.54, 1.807) is 55.4 Å². The van der Waals surface area contributed by atoms with Gasteiger partial charge in [0.05, 0.1) is 11.1 Å². The van der Waals surface area contributed by atoms with Crippen LogP contribution in [0.25, 0.3) is 0 Å². The Hall–Kier alpha value is -2.71. The fraction of sp³-hybridized carbons (Fsp3) is 0.757. The van der Waals surface area contributed by atoms with Gasteiger partial charge in [-0.2, -0.15) is 10.1 Å². The first-order chi connectivity index (χ1) is 22.5. The number of nitrogens with zero attached hydrogens (tertiary/aromatic N) is 3. The predicted octanol–water partition coefficient (Wildman–Crippen LogP) is 6.91. The third-order valence-electron chi connectivity index (χ3n) is 11.1. The highest BCUT2D eigenvalue weighted by molar-refractivity contribution is 6.01. The lowest BCUT2D eigenvalue weighted by atomic mass is 9.78. The van der Waals surface area contributed by atoms with Crippen LogP contribution in [0.3, 0.4) is 0 Å². The van der Waals surface area contributed by atoms with E-state index < -0.39 is 97.8 Å². The molecule has 1 aromatic carbocycles. The number of piperidine rings is 3. The molecule has 3 heterocycles. The van der Waals surface area contributed by atoms with Crippen molar-refractivity contribution in [3.05, 3.63) is 34.4 Å². The SMILES string of the molecule is CN1C(C)(C)CC(OC(=O)c2c(F)c(C(=O)OC3CC(C)(C)N(O)C(C)(C)C3)cc(C(=O)OC3CC(C)(C)N(O)C(C)(C)C3)c2F)CC1(C)C. The lowest BCUT2D eigenvalue weighted by molar-refractivity contribution is -0.256. The Balaban J connectivity index is 1.73. The first-order valence-electron chi connectivity index (χ1n) is 17.4. The summed E-state index contributed by atoms with van der Waals surface area (Å²) >= 11 is 0. The molecule has 0 saturated carbocycles. The molecule has 2 N–H and O–H groups in total. The minimum Gasteiger partial charge on any atom is -0.459 e. The van der Waals surface area contributed by atoms with Gasteiger partial charge in [-0.1, -0.05) is 0 Å². The molecule has 282 valence electrons. The highest BCUT2D eigenvalue weighted by Crippen LogP contribution is 2.41. The summed E-state index contributed by atoms with van der Waals surface area (Å²) in [4.78, 5) is 43.2. The Morgan fingerprint density at radius 2 is 0.820 bits per heavy atom. The molecule has 4 rings (SSSR count). The van der Waals surface area contributed by atoms with Crippen molar-refractivity contribution in [2.24, 2.45) is 0 Å². The number of hydrogen-bond donors (Lipinski definition) is 2. The molecule has 3 aliphatic rings. The van der Waals surface area contributed by atoms with Crippen LogP contribution in [-0.2, 0) is 14.2 Å². The zero-order chi connectivity index (χ0) is 38.2. The maximum Gasteiger partial charge on any atom is 0.344 e. The van der Waals surface area contributed by atoms with E-state index >= 15 is 8.78 Å². The number of halogens is 2. The van der Waals surface area contributed by atoms with Gasteiger partial charge in [0.25, 0.3) is 0 Å². The predicted molar refractivity (Wildman–Crippen MR) is 181 cm³/mol. The van der Waals surface area contributed by atoms with Gasteiger partial charge in [-0.05, 0) is 96.2 Å². The van der Waals surface area contributed by atoms with E-state index in [-0.39, 0.29) is 25.7 Å². The molecular formula is C37H57F2N3O8. The third-order valence-corrected chi connectivity index (χ3v) is 11.1. The summed E-state index contributed by atoms with van der Waals surface area (Å²) in [6.07, 6.45) is -0.722. The molecule has 0 unspecified atom stereocenters. The number of benzene rings is 1. The second kappa shape index (κ2) is 13.1. The van der Waals surface area contributed by atoms with Crippen LogP contribution in [0.15, 0.2) is 6.07 Å². The van der Waals surface area contributed by atoms with Gasteiger partial charge in [0, 0.05) is 71.8 Å². The minimum atomic E-state index is -1.51. The first-order valence-corrected chi connectivity index (χ1v) is 17.4. The molecule has 13 heteroatoms. The Bertz CT molecular complexity index is 1390. The summed E-state index contributed by atoms with van der Waals surface area (Å²) in [5.41, 5.74) is -6.87. The summed E-state index contributed by atoms with van der Waals surface area (Å²) in [6, 6.07) is 0.725. The smallest absolute Gasteiger partial charge is 0.344 e. The van der Waals surface area contributed by atoms with Gasteiger partial charge in [0.15, 0.2) is 11.6 Å². The van der Waals surface area contributed by atoms with Crippen LogP contribution in [-0.4, -0.2) is 102 Å². The van der Waals surface area contributed by atoms with Gasteiger partial charge in [-0.15, -0.1) is 0 Å². The number of carbonyl (C=O) groups is 3. The van der Waals surface area contributed by atoms with Crippen LogP contribution in [0.4, 0.5) is 8.78 Å². The molecule has 3 fully saturated rings. The first kappa shape index (κ1) is 40.1. The molecule has 1 aromatic rings. The lowest BCUT2D eigenvalue weighted by Gasteiger charge is -2.53. The van der Waals surface area contributed by atoms with Gasteiger partial charge < -0.3 is 24.6 Å². The van der Waals surface area contributed by atoms with E-state index in [9.17, 15) is 24.8 Å². The van der Waals surface area contributed by atoms with E-state index in [1.165, 1.54) is 10.1 Å². The number of hydrogen-bond acceptors (Lipinski definition) is 11. The van der Waals surface area contributed by atoms with Crippen molar-refractivity contribution in [3.63, 3.8) is 0 Å². The Labute approximate surface area is 295 Å². The lowest BCUT2D eigenvalue weighted by Crippen LogP contribution is -2.60. The van der Waals surface area contributed by atoms with Gasteiger partial charge in [-0.3, -0.25) is 4.90 Å². The van der Waals surface area contributed by atoms with Gasteiger partial charge in [0.2, 0.25) is 0 Å². The highest BCUT2D eigenvalue weighted by Gasteiger charge is 2.49. The van der Waals surface area contributed by atoms with Gasteiger partial charge in [0.1, 0.15) is 23.9 Å². The summed E-state index contributed by atoms with van der Waals surface area (Å²) in [6.45, 7) is 22.1. The van der Waals surface area contributed by atoms with Crippen molar-refractivity contribution >= 4 is 17.9 Å². The molecule has 0 radical (unpaired) electrons. The number of likely N-dealkylation sites (tertiary alicyclic amines) is 1. The average Bonchev–Trinajstić information content (AvgIpc) is 2.92. The molecule has 11 nitrogen and oxygen atoms in total. The van der Waals surface area contributed by atoms with Crippen molar-refractivity contribution in [1.29, 1.82) is 0 Å². The Morgan fingerprint density at radius 3 is 1.12 bits per heavy atom. The zero-order valence-electron chi connectivity index (χ0n) is 32.0. The van der Waals surface area contributed by atoms with E-state index in [2.05, 4.69) is 4.90 Å². The molecular weight excluding hydrogens is 652 g/mol. The highest BCUT2D eigenvalue weighted by atomic mass is 19.1. The van der Waals surface area contributed by atoms with Crippen molar-refractivity contribution < 1.29 is 47.8 Å². The van der Waals surface area contributed by atoms with Crippen LogP contribution >= 0.6 is 0 Å². The van der Waals surface area contributed by atoms with Crippen LogP contribution in [0.1, 0.15) is 153 Å². The Morgan fingerprint density at radius 1 is 0.560 bits per heavy atom. The monoisotopic (exact) mass is 709 g/mol. The number of hydroxylamine groups is 4. The molecule has 0 aliphatic carbocycles. The van der Waals surface area contributed by atoms with Crippen molar-refractivity contribution in [2.75, 3.05) is 7.05 Å². The van der Waals surface area contributed by atoms with Gasteiger partial charge in [-0.25, -0.2) is 23.2 Å². The van der Waals surface area contributed by atoms with Crippen molar-refractivity contribution in [1.82, 2.24) is 15.0 Å². The molecule has 0 amide bonds. The summed E-state index contributed by atoms with van der Waals surface area (Å²) in [5.74, 6) is -6.77. The molecule has 0 aromatic heterocycles. The van der Waals surface area contributed by atoms with Crippen LogP contribution in [0.2, 0.25) is 0 Å². The molecule has 50 heavy (non-hydrogen) atoms. The van der Waals surface area contributed by atoms with Crippen LogP contribution < -0.4 is 0 Å². The molecule has 0 bridgehead atoms. The van der Waals surface area contributed by atoms with Crippen molar-refractivity contribution in [3.8, 4) is 0 Å². The quantitative estimate of drug-likeness (QED) is 0.236. The Kier molecular flexibility index (Phi) is 10.5. The summed E-state index contributed by atoms with van der Waals surface area (Å²) in [5, 5.41) is 23.8. The minimum absolute atomic E-state index is 0.197. The third kappa shape index (κ3) is 7.72. The molecule has 0 spiro atoms. The normalized spacial score (nSPS) is 25.5. The second-order valence-corrected chi connectivity index (χ2v) is 18.3. The topological polar surface area (TPSA) is 129 Å². The maximum atomic E-state index is 16.3. The zero-order valence-corrected chi connectivity index (χ0v) is 32.0. The van der Waals surface area contributed by atoms with Gasteiger partial charge >= 0.3 is 17.9 Å². The summed E-state index contributed by atoms with van der Waals surface area (Å²) in [7, 11) is 1.96. The van der Waals surface area contributed by atoms with Crippen molar-refractivity contribution in [2.45, 2.75) is 173 Å². The fourth-order valence-corrected chi connectivity index (χ4v) is 8.64. The number of esters is 3. The maximum absolute atomic E-state index is 16.3. The molecule has 0 atom stereocenters. The number of carbonyl (C=O) groups excluding carboxylic acids is 3. The summed E-state index contributed by atoms with van der Waals surface area (Å²) < 4.78 is 49.9. The molecule has 3 saturated heterocycles. The largest absolute Gasteiger partial charge is 0.459 e. The number of ether oxygens (including phenoxy) is 3. The van der Waals surface area contributed by atoms with E-state index in [0.717, 1.165) is 6.07 Å². The standard InChI is InChI=1S/C37H57F2N3O8/c1-32(2)15-21(16-33(3,4)40(32)13)50-31(45)26-27(38)24(29(43)48-22-17-34(5,6)41(46)35(7,8)18-22)14-25(28(26)39)30(44)49-23-19-36(9,10)42(47)37(11,12)20-23/h14,21-23,46-47H,15-20H2,1-13H3. The average molecular weight is 710 g/mol. The molecule has 3 aliphatic heterocycles. The fourth-order valence-electron chi connectivity index (χ4n) is 8.64. The number of rotatable bonds is 6. The van der Waals surface area contributed by atoms with E-state index in [1.807, 2.05) is 34.7 Å². The van der Waals surface area contributed by atoms with Crippen LogP contribution in [0, 0.1) is 11.6 Å². The van der Waals surface area contributed by atoms with E-state index in [0.29, 0.717) is 12.8 Å².